The number of likely N-dealkylation sites (N-methyl/N-ethyl adjacent to an activating group) is 1. The fourth-order valence-corrected chi connectivity index (χ4v) is 5.51. The molecule has 2 aliphatic heterocycles. The number of aliphatic imine (C=N–C) groups is 1. The van der Waals surface area contributed by atoms with Gasteiger partial charge in [-0.1, -0.05) is 45.0 Å². The molecule has 0 saturated carbocycles. The Kier molecular flexibility index (Phi) is 7.84. The molecule has 1 saturated heterocycles. The van der Waals surface area contributed by atoms with E-state index in [9.17, 15) is 14.7 Å². The summed E-state index contributed by atoms with van der Waals surface area (Å²) in [5, 5.41) is 15.0. The predicted octanol–water partition coefficient (Wildman–Crippen LogP) is 5.17. The van der Waals surface area contributed by atoms with E-state index in [0.29, 0.717) is 54.7 Å². The molecule has 1 atom stereocenters. The van der Waals surface area contributed by atoms with Gasteiger partial charge in [0.1, 0.15) is 0 Å². The number of rotatable bonds is 4. The Morgan fingerprint density at radius 1 is 0.909 bits per heavy atom. The molecule has 6 rings (SSSR count). The normalized spacial score (nSPS) is 17.3. The Labute approximate surface area is 257 Å². The van der Waals surface area contributed by atoms with Gasteiger partial charge in [0.2, 0.25) is 0 Å². The van der Waals surface area contributed by atoms with E-state index in [4.69, 9.17) is 9.73 Å². The molecule has 9 heteroatoms. The molecular formula is C35H37N5O4. The van der Waals surface area contributed by atoms with Crippen molar-refractivity contribution in [2.75, 3.05) is 38.7 Å². The van der Waals surface area contributed by atoms with Crippen LogP contribution in [0.5, 0.6) is 0 Å². The van der Waals surface area contributed by atoms with Gasteiger partial charge >= 0.3 is 0 Å². The number of amides is 1. The van der Waals surface area contributed by atoms with Gasteiger partial charge in [-0.05, 0) is 59.5 Å². The van der Waals surface area contributed by atoms with Crippen molar-refractivity contribution < 1.29 is 19.4 Å². The van der Waals surface area contributed by atoms with Crippen molar-refractivity contribution in [3.05, 3.63) is 107 Å². The van der Waals surface area contributed by atoms with Gasteiger partial charge < -0.3 is 25.0 Å². The highest BCUT2D eigenvalue weighted by Gasteiger charge is 2.25. The van der Waals surface area contributed by atoms with E-state index in [2.05, 4.69) is 26.1 Å². The van der Waals surface area contributed by atoms with Crippen LogP contribution in [-0.4, -0.2) is 76.7 Å². The Hall–Kier alpha value is -4.73. The van der Waals surface area contributed by atoms with Gasteiger partial charge in [0, 0.05) is 60.3 Å². The zero-order valence-corrected chi connectivity index (χ0v) is 25.4. The lowest BCUT2D eigenvalue weighted by atomic mass is 9.87. The summed E-state index contributed by atoms with van der Waals surface area (Å²) in [5.74, 6) is 0.216. The van der Waals surface area contributed by atoms with Gasteiger partial charge in [0.15, 0.2) is 12.1 Å². The summed E-state index contributed by atoms with van der Waals surface area (Å²) in [7, 11) is 1.78. The molecule has 1 amide bonds. The van der Waals surface area contributed by atoms with Crippen LogP contribution in [0.25, 0.3) is 16.6 Å². The summed E-state index contributed by atoms with van der Waals surface area (Å²) < 4.78 is 7.01. The maximum Gasteiger partial charge on any atom is 0.262 e. The second kappa shape index (κ2) is 11.7. The van der Waals surface area contributed by atoms with Crippen molar-refractivity contribution >= 4 is 39.9 Å². The first-order chi connectivity index (χ1) is 21.1. The maximum atomic E-state index is 13.5. The lowest BCUT2D eigenvalue weighted by Crippen LogP contribution is -2.41. The molecule has 3 aromatic carbocycles. The van der Waals surface area contributed by atoms with Crippen molar-refractivity contribution in [3.63, 3.8) is 0 Å². The number of anilines is 1. The monoisotopic (exact) mass is 591 g/mol. The van der Waals surface area contributed by atoms with Crippen LogP contribution in [0.4, 0.5) is 5.69 Å². The van der Waals surface area contributed by atoms with Gasteiger partial charge in [-0.2, -0.15) is 0 Å². The number of aliphatic hydroxyl groups excluding tert-OH is 1. The average molecular weight is 592 g/mol. The van der Waals surface area contributed by atoms with E-state index >= 15 is 0 Å². The fourth-order valence-electron chi connectivity index (χ4n) is 5.51. The Morgan fingerprint density at radius 2 is 1.57 bits per heavy atom. The van der Waals surface area contributed by atoms with Crippen LogP contribution in [0.3, 0.4) is 0 Å². The first-order valence-electron chi connectivity index (χ1n) is 14.8. The summed E-state index contributed by atoms with van der Waals surface area (Å²) in [5.41, 5.74) is 5.33. The number of hydrogen-bond donors (Lipinski definition) is 2. The number of nitrogens with zero attached hydrogens (tertiary/aromatic N) is 4. The lowest BCUT2D eigenvalue weighted by molar-refractivity contribution is 0.0303. The Morgan fingerprint density at radius 3 is 2.25 bits per heavy atom. The maximum absolute atomic E-state index is 13.5. The molecule has 0 spiro atoms. The van der Waals surface area contributed by atoms with Crippen molar-refractivity contribution in [3.8, 4) is 0 Å². The van der Waals surface area contributed by atoms with Gasteiger partial charge in [0.05, 0.1) is 24.4 Å². The number of nitrogens with one attached hydrogen (secondary N) is 1. The zero-order valence-electron chi connectivity index (χ0n) is 25.4. The van der Waals surface area contributed by atoms with Crippen LogP contribution in [0.2, 0.25) is 0 Å². The molecule has 0 aliphatic carbocycles. The Bertz CT molecular complexity index is 1760. The molecule has 9 nitrogen and oxygen atoms in total. The molecule has 3 heterocycles. The minimum atomic E-state index is -0.991. The number of carbonyl (C=O) groups is 2. The van der Waals surface area contributed by atoms with E-state index < -0.39 is 6.23 Å². The second-order valence-electron chi connectivity index (χ2n) is 12.2. The molecule has 4 aromatic rings. The highest BCUT2D eigenvalue weighted by atomic mass is 16.5. The molecule has 44 heavy (non-hydrogen) atoms. The standard InChI is InChI=1S/C35H37N5O4/c1-35(2,3)25-12-8-24(9-13-25)33(42)40-17-16-28-27(6-5-7-30(28)40)29-22-38(4)34(43)31(37-29)36-26-14-10-23(11-15-26)32(41)39-18-20-44-21-19-39/h5-17,22,34,43H,18-21H2,1-4H3,(H,36,37). The number of ether oxygens (including phenoxy) is 1. The van der Waals surface area contributed by atoms with E-state index in [-0.39, 0.29) is 17.2 Å². The molecule has 1 aromatic heterocycles. The van der Waals surface area contributed by atoms with E-state index in [1.54, 1.807) is 58.1 Å². The third kappa shape index (κ3) is 5.76. The third-order valence-electron chi connectivity index (χ3n) is 8.13. The van der Waals surface area contributed by atoms with Crippen molar-refractivity contribution in [2.45, 2.75) is 32.4 Å². The van der Waals surface area contributed by atoms with Gasteiger partial charge in [-0.25, -0.2) is 4.99 Å². The second-order valence-corrected chi connectivity index (χ2v) is 12.2. The molecule has 2 N–H and O–H groups in total. The minimum Gasteiger partial charge on any atom is -0.378 e. The number of hydrogen-bond acceptors (Lipinski definition) is 7. The van der Waals surface area contributed by atoms with Crippen LogP contribution in [0, 0.1) is 0 Å². The van der Waals surface area contributed by atoms with Crippen molar-refractivity contribution in [2.24, 2.45) is 4.99 Å². The van der Waals surface area contributed by atoms with Gasteiger partial charge in [-0.15, -0.1) is 0 Å². The molecule has 0 radical (unpaired) electrons. The van der Waals surface area contributed by atoms with Crippen molar-refractivity contribution in [1.29, 1.82) is 0 Å². The summed E-state index contributed by atoms with van der Waals surface area (Å²) in [4.78, 5) is 34.6. The van der Waals surface area contributed by atoms with Crippen LogP contribution in [0.15, 0.2) is 90.2 Å². The topological polar surface area (TPSA) is 99.4 Å². The van der Waals surface area contributed by atoms with Gasteiger partial charge in [0.25, 0.3) is 11.8 Å². The third-order valence-corrected chi connectivity index (χ3v) is 8.13. The molecule has 1 fully saturated rings. The number of aromatic nitrogens is 1. The summed E-state index contributed by atoms with van der Waals surface area (Å²) in [6.07, 6.45) is 2.59. The van der Waals surface area contributed by atoms with Gasteiger partial charge in [-0.3, -0.25) is 14.2 Å². The number of morpholine rings is 1. The average Bonchev–Trinajstić information content (AvgIpc) is 3.47. The molecular weight excluding hydrogens is 554 g/mol. The minimum absolute atomic E-state index is 0.00481. The first-order valence-corrected chi connectivity index (χ1v) is 14.8. The summed E-state index contributed by atoms with van der Waals surface area (Å²) in [6.45, 7) is 8.71. The summed E-state index contributed by atoms with van der Waals surface area (Å²) >= 11 is 0. The van der Waals surface area contributed by atoms with E-state index in [1.807, 2.05) is 48.5 Å². The summed E-state index contributed by atoms with van der Waals surface area (Å²) in [6, 6.07) is 22.6. The quantitative estimate of drug-likeness (QED) is 0.340. The predicted molar refractivity (Wildman–Crippen MR) is 173 cm³/mol. The highest BCUT2D eigenvalue weighted by Crippen LogP contribution is 2.31. The number of amidine groups is 1. The molecule has 0 bridgehead atoms. The number of fused-ring (bicyclic) bond motifs is 1. The smallest absolute Gasteiger partial charge is 0.262 e. The number of aliphatic hydroxyl groups is 1. The molecule has 226 valence electrons. The van der Waals surface area contributed by atoms with Crippen LogP contribution >= 0.6 is 0 Å². The van der Waals surface area contributed by atoms with E-state index in [0.717, 1.165) is 16.5 Å². The molecule has 1 unspecified atom stereocenters. The molecule has 2 aliphatic rings. The van der Waals surface area contributed by atoms with Crippen LogP contribution < -0.4 is 5.32 Å². The van der Waals surface area contributed by atoms with Crippen LogP contribution in [-0.2, 0) is 10.2 Å². The van der Waals surface area contributed by atoms with Crippen molar-refractivity contribution in [1.82, 2.24) is 14.4 Å². The zero-order chi connectivity index (χ0) is 31.0. The largest absolute Gasteiger partial charge is 0.378 e. The number of carbonyl (C=O) groups excluding carboxylic acids is 2. The van der Waals surface area contributed by atoms with Crippen LogP contribution in [0.1, 0.15) is 52.6 Å². The lowest BCUT2D eigenvalue weighted by Gasteiger charge is -2.29. The number of benzene rings is 3. The fraction of sp³-hybridized carbons (Fsp3) is 0.286. The van der Waals surface area contributed by atoms with E-state index in [1.165, 1.54) is 5.56 Å². The Balaban J connectivity index is 1.25. The highest BCUT2D eigenvalue weighted by molar-refractivity contribution is 6.07. The first kappa shape index (κ1) is 29.3. The SMILES string of the molecule is CN1C=C(c2cccc3c2ccn3C(=O)c2ccc(C(C)(C)C)cc2)N=C(Nc2ccc(C(=O)N3CCOCC3)cc2)C1O.